The van der Waals surface area contributed by atoms with Crippen molar-refractivity contribution < 1.29 is 4.74 Å². The zero-order valence-electron chi connectivity index (χ0n) is 9.98. The van der Waals surface area contributed by atoms with Crippen LogP contribution in [-0.4, -0.2) is 35.4 Å². The Morgan fingerprint density at radius 2 is 2.29 bits per heavy atom. The average molecular weight is 254 g/mol. The van der Waals surface area contributed by atoms with Crippen LogP contribution < -0.4 is 11.1 Å². The lowest BCUT2D eigenvalue weighted by atomic mass is 10.2. The van der Waals surface area contributed by atoms with Gasteiger partial charge in [-0.25, -0.2) is 0 Å². The van der Waals surface area contributed by atoms with Gasteiger partial charge in [-0.2, -0.15) is 5.10 Å². The lowest BCUT2D eigenvalue weighted by molar-refractivity contribution is 0.192. The van der Waals surface area contributed by atoms with Crippen LogP contribution >= 0.6 is 12.2 Å². The van der Waals surface area contributed by atoms with E-state index in [4.69, 9.17) is 22.7 Å². The van der Waals surface area contributed by atoms with Crippen molar-refractivity contribution in [1.82, 2.24) is 10.2 Å². The van der Waals surface area contributed by atoms with Crippen LogP contribution in [0, 0.1) is 0 Å². The van der Waals surface area contributed by atoms with Crippen molar-refractivity contribution in [1.29, 1.82) is 0 Å². The van der Waals surface area contributed by atoms with Crippen molar-refractivity contribution in [3.63, 3.8) is 0 Å². The summed E-state index contributed by atoms with van der Waals surface area (Å²) in [6.45, 7) is 1.64. The van der Waals surface area contributed by atoms with Crippen molar-refractivity contribution in [3.8, 4) is 0 Å². The maximum absolute atomic E-state index is 5.59. The van der Waals surface area contributed by atoms with Crippen molar-refractivity contribution in [3.05, 3.63) is 17.8 Å². The maximum atomic E-state index is 5.59. The Morgan fingerprint density at radius 1 is 1.47 bits per heavy atom. The number of hydrogen-bond acceptors (Lipinski definition) is 5. The van der Waals surface area contributed by atoms with E-state index in [1.807, 2.05) is 0 Å². The standard InChI is InChI=1S/C11H18N4OS/c1-16-8-4-2-3-6-13-11-9(10(12)17)5-7-14-15-11/h5,7H,2-4,6,8H2,1H3,(H2,12,17)(H,13,15). The molecule has 0 radical (unpaired) electrons. The minimum Gasteiger partial charge on any atom is -0.389 e. The summed E-state index contributed by atoms with van der Waals surface area (Å²) in [6, 6.07) is 1.77. The van der Waals surface area contributed by atoms with E-state index in [0.29, 0.717) is 10.8 Å². The first kappa shape index (κ1) is 13.8. The van der Waals surface area contributed by atoms with Gasteiger partial charge in [-0.3, -0.25) is 0 Å². The van der Waals surface area contributed by atoms with E-state index < -0.39 is 0 Å². The minimum absolute atomic E-state index is 0.335. The number of nitrogens with one attached hydrogen (secondary N) is 1. The highest BCUT2D eigenvalue weighted by Crippen LogP contribution is 2.10. The molecule has 0 bridgehead atoms. The van der Waals surface area contributed by atoms with E-state index >= 15 is 0 Å². The number of thiocarbonyl (C=S) groups is 1. The van der Waals surface area contributed by atoms with Gasteiger partial charge in [0, 0.05) is 20.3 Å². The van der Waals surface area contributed by atoms with Gasteiger partial charge in [0.1, 0.15) is 4.99 Å². The molecule has 5 nitrogen and oxygen atoms in total. The van der Waals surface area contributed by atoms with Gasteiger partial charge in [-0.1, -0.05) is 12.2 Å². The lowest BCUT2D eigenvalue weighted by Gasteiger charge is -2.08. The molecule has 0 atom stereocenters. The molecule has 6 heteroatoms. The second kappa shape index (κ2) is 7.92. The van der Waals surface area contributed by atoms with Gasteiger partial charge in [0.2, 0.25) is 0 Å². The summed E-state index contributed by atoms with van der Waals surface area (Å²) in [7, 11) is 1.71. The predicted octanol–water partition coefficient (Wildman–Crippen LogP) is 1.34. The number of aromatic nitrogens is 2. The Hall–Kier alpha value is -1.27. The first-order valence-corrected chi connectivity index (χ1v) is 6.01. The van der Waals surface area contributed by atoms with Gasteiger partial charge in [0.05, 0.1) is 11.8 Å². The van der Waals surface area contributed by atoms with Crippen LogP contribution in [0.25, 0.3) is 0 Å². The van der Waals surface area contributed by atoms with Gasteiger partial charge in [-0.15, -0.1) is 5.10 Å². The number of anilines is 1. The summed E-state index contributed by atoms with van der Waals surface area (Å²) in [4.78, 5) is 0.335. The summed E-state index contributed by atoms with van der Waals surface area (Å²) in [5.74, 6) is 0.659. The van der Waals surface area contributed by atoms with Crippen LogP contribution in [0.2, 0.25) is 0 Å². The molecule has 17 heavy (non-hydrogen) atoms. The van der Waals surface area contributed by atoms with E-state index in [1.165, 1.54) is 0 Å². The normalized spacial score (nSPS) is 10.2. The van der Waals surface area contributed by atoms with Crippen molar-refractivity contribution >= 4 is 23.0 Å². The molecule has 0 saturated heterocycles. The molecule has 1 heterocycles. The molecular weight excluding hydrogens is 236 g/mol. The summed E-state index contributed by atoms with van der Waals surface area (Å²) < 4.78 is 4.98. The van der Waals surface area contributed by atoms with Crippen LogP contribution in [-0.2, 0) is 4.74 Å². The van der Waals surface area contributed by atoms with E-state index in [0.717, 1.165) is 38.0 Å². The number of ether oxygens (including phenoxy) is 1. The third-order valence-electron chi connectivity index (χ3n) is 2.30. The molecule has 1 rings (SSSR count). The number of rotatable bonds is 8. The smallest absolute Gasteiger partial charge is 0.158 e. The van der Waals surface area contributed by atoms with Crippen LogP contribution in [0.15, 0.2) is 12.3 Å². The molecule has 0 amide bonds. The second-order valence-corrected chi connectivity index (χ2v) is 4.08. The van der Waals surface area contributed by atoms with Gasteiger partial charge < -0.3 is 15.8 Å². The summed E-state index contributed by atoms with van der Waals surface area (Å²) in [6.07, 6.45) is 4.82. The summed E-state index contributed by atoms with van der Waals surface area (Å²) >= 11 is 4.94. The van der Waals surface area contributed by atoms with E-state index in [1.54, 1.807) is 19.4 Å². The van der Waals surface area contributed by atoms with Gasteiger partial charge >= 0.3 is 0 Å². The topological polar surface area (TPSA) is 73.1 Å². The Kier molecular flexibility index (Phi) is 6.42. The number of hydrogen-bond donors (Lipinski definition) is 2. The maximum Gasteiger partial charge on any atom is 0.158 e. The Labute approximate surface area is 107 Å². The number of nitrogens with zero attached hydrogens (tertiary/aromatic N) is 2. The zero-order chi connectivity index (χ0) is 12.5. The first-order valence-electron chi connectivity index (χ1n) is 5.60. The van der Waals surface area contributed by atoms with Crippen molar-refractivity contribution in [2.75, 3.05) is 25.6 Å². The molecule has 94 valence electrons. The van der Waals surface area contributed by atoms with Crippen LogP contribution in [0.4, 0.5) is 5.82 Å². The molecule has 3 N–H and O–H groups in total. The quantitative estimate of drug-likeness (QED) is 0.539. The highest BCUT2D eigenvalue weighted by atomic mass is 32.1. The third kappa shape index (κ3) is 5.06. The first-order chi connectivity index (χ1) is 8.25. The van der Waals surface area contributed by atoms with Crippen molar-refractivity contribution in [2.24, 2.45) is 5.73 Å². The minimum atomic E-state index is 0.335. The highest BCUT2D eigenvalue weighted by Gasteiger charge is 2.05. The molecule has 0 fully saturated rings. The zero-order valence-corrected chi connectivity index (χ0v) is 10.8. The van der Waals surface area contributed by atoms with Gasteiger partial charge in [0.15, 0.2) is 5.82 Å². The fourth-order valence-corrected chi connectivity index (χ4v) is 1.58. The molecule has 0 aliphatic heterocycles. The molecular formula is C11H18N4OS. The number of unbranched alkanes of at least 4 members (excludes halogenated alkanes) is 2. The molecule has 0 spiro atoms. The molecule has 0 unspecified atom stereocenters. The summed E-state index contributed by atoms with van der Waals surface area (Å²) in [5, 5.41) is 11.0. The van der Waals surface area contributed by atoms with Crippen LogP contribution in [0.5, 0.6) is 0 Å². The molecule has 0 aliphatic carbocycles. The number of methoxy groups -OCH3 is 1. The van der Waals surface area contributed by atoms with E-state index in [9.17, 15) is 0 Å². The third-order valence-corrected chi connectivity index (χ3v) is 2.52. The van der Waals surface area contributed by atoms with Crippen molar-refractivity contribution in [2.45, 2.75) is 19.3 Å². The van der Waals surface area contributed by atoms with Crippen LogP contribution in [0.3, 0.4) is 0 Å². The van der Waals surface area contributed by atoms with Gasteiger partial charge in [-0.05, 0) is 25.3 Å². The SMILES string of the molecule is COCCCCCNc1nnccc1C(N)=S. The fourth-order valence-electron chi connectivity index (χ4n) is 1.42. The Bertz CT molecular complexity index is 359. The predicted molar refractivity (Wildman–Crippen MR) is 72.1 cm³/mol. The second-order valence-electron chi connectivity index (χ2n) is 3.64. The Morgan fingerprint density at radius 3 is 3.00 bits per heavy atom. The molecule has 0 saturated carbocycles. The molecule has 1 aromatic heterocycles. The molecule has 1 aromatic rings. The molecule has 0 aromatic carbocycles. The summed E-state index contributed by atoms with van der Waals surface area (Å²) in [5.41, 5.74) is 6.33. The molecule has 0 aliphatic rings. The monoisotopic (exact) mass is 254 g/mol. The largest absolute Gasteiger partial charge is 0.389 e. The van der Waals surface area contributed by atoms with E-state index in [2.05, 4.69) is 15.5 Å². The van der Waals surface area contributed by atoms with Gasteiger partial charge in [0.25, 0.3) is 0 Å². The lowest BCUT2D eigenvalue weighted by Crippen LogP contribution is -2.15. The van der Waals surface area contributed by atoms with E-state index in [-0.39, 0.29) is 0 Å². The number of nitrogens with two attached hydrogens (primary N) is 1. The van der Waals surface area contributed by atoms with Crippen LogP contribution in [0.1, 0.15) is 24.8 Å². The average Bonchev–Trinajstić information content (AvgIpc) is 2.34. The Balaban J connectivity index is 2.34. The highest BCUT2D eigenvalue weighted by molar-refractivity contribution is 7.80. The fraction of sp³-hybridized carbons (Fsp3) is 0.545.